The molecule has 116 valence electrons. The summed E-state index contributed by atoms with van der Waals surface area (Å²) in [5, 5.41) is 1.01. The second-order valence-electron chi connectivity index (χ2n) is 4.46. The van der Waals surface area contributed by atoms with Gasteiger partial charge in [0.15, 0.2) is 0 Å². The lowest BCUT2D eigenvalue weighted by molar-refractivity contribution is 0.596. The quantitative estimate of drug-likeness (QED) is 0.911. The van der Waals surface area contributed by atoms with Crippen LogP contribution in [0, 0.1) is 5.82 Å². The molecule has 0 amide bonds. The second-order valence-corrected chi connectivity index (χ2v) is 7.37. The van der Waals surface area contributed by atoms with Crippen LogP contribution in [0.3, 0.4) is 0 Å². The van der Waals surface area contributed by atoms with Crippen LogP contribution in [-0.2, 0) is 20.8 Å². The molecule has 0 aromatic heterocycles. The van der Waals surface area contributed by atoms with Gasteiger partial charge in [0, 0.05) is 6.26 Å². The molecular formula is C15H14FNO3S2. The van der Waals surface area contributed by atoms with E-state index < -0.39 is 26.6 Å². The molecule has 0 heterocycles. The van der Waals surface area contributed by atoms with Crippen molar-refractivity contribution < 1.29 is 17.0 Å². The summed E-state index contributed by atoms with van der Waals surface area (Å²) in [6.45, 7) is 0. The number of halogens is 1. The third-order valence-electron chi connectivity index (χ3n) is 2.74. The Morgan fingerprint density at radius 3 is 2.41 bits per heavy atom. The Balaban J connectivity index is 2.17. The van der Waals surface area contributed by atoms with Gasteiger partial charge in [0.05, 0.1) is 26.8 Å². The molecule has 1 unspecified atom stereocenters. The van der Waals surface area contributed by atoms with Crippen LogP contribution in [0.5, 0.6) is 0 Å². The van der Waals surface area contributed by atoms with Crippen molar-refractivity contribution in [1.82, 2.24) is 0 Å². The number of sulfonamides is 1. The van der Waals surface area contributed by atoms with Crippen LogP contribution in [-0.4, -0.2) is 18.9 Å². The Kier molecular flexibility index (Phi) is 5.10. The number of hydrogen-bond donors (Lipinski definition) is 1. The molecule has 2 aromatic rings. The second kappa shape index (κ2) is 6.85. The molecule has 0 bridgehead atoms. The predicted octanol–water partition coefficient (Wildman–Crippen LogP) is 2.98. The van der Waals surface area contributed by atoms with E-state index in [-0.39, 0.29) is 10.6 Å². The van der Waals surface area contributed by atoms with E-state index in [9.17, 15) is 17.0 Å². The fourth-order valence-electron chi connectivity index (χ4n) is 1.73. The van der Waals surface area contributed by atoms with Crippen LogP contribution in [0.2, 0.25) is 0 Å². The maximum Gasteiger partial charge on any atom is 0.255 e. The van der Waals surface area contributed by atoms with Gasteiger partial charge >= 0.3 is 0 Å². The number of anilines is 1. The summed E-state index contributed by atoms with van der Waals surface area (Å²) < 4.78 is 51.0. The number of nitrogens with one attached hydrogen (secondary N) is 1. The smallest absolute Gasteiger partial charge is 0.255 e. The average molecular weight is 339 g/mol. The SMILES string of the molecule is CS(=O)c1ccc(NS(=O)(=O)/C=C/c2ccccc2)cc1F. The van der Waals surface area contributed by atoms with E-state index in [0.717, 1.165) is 17.0 Å². The minimum Gasteiger partial charge on any atom is -0.280 e. The van der Waals surface area contributed by atoms with Gasteiger partial charge in [0.1, 0.15) is 5.82 Å². The fraction of sp³-hybridized carbons (Fsp3) is 0.0667. The Morgan fingerprint density at radius 1 is 1.14 bits per heavy atom. The number of hydrogen-bond acceptors (Lipinski definition) is 3. The molecule has 0 saturated heterocycles. The molecule has 1 N–H and O–H groups in total. The highest BCUT2D eigenvalue weighted by atomic mass is 32.2. The fourth-order valence-corrected chi connectivity index (χ4v) is 3.18. The van der Waals surface area contributed by atoms with Crippen molar-refractivity contribution in [2.45, 2.75) is 4.90 Å². The van der Waals surface area contributed by atoms with Gasteiger partial charge in [-0.25, -0.2) is 12.8 Å². The van der Waals surface area contributed by atoms with E-state index in [4.69, 9.17) is 0 Å². The highest BCUT2D eigenvalue weighted by Crippen LogP contribution is 2.18. The Morgan fingerprint density at radius 2 is 1.82 bits per heavy atom. The van der Waals surface area contributed by atoms with Crippen LogP contribution in [0.1, 0.15) is 5.56 Å². The molecular weight excluding hydrogens is 325 g/mol. The Bertz CT molecular complexity index is 818. The van der Waals surface area contributed by atoms with Gasteiger partial charge < -0.3 is 0 Å². The van der Waals surface area contributed by atoms with Crippen LogP contribution < -0.4 is 4.72 Å². The van der Waals surface area contributed by atoms with Gasteiger partial charge in [-0.15, -0.1) is 0 Å². The lowest BCUT2D eigenvalue weighted by Crippen LogP contribution is -2.09. The van der Waals surface area contributed by atoms with E-state index in [1.165, 1.54) is 24.5 Å². The van der Waals surface area contributed by atoms with Crippen molar-refractivity contribution in [2.24, 2.45) is 0 Å². The summed E-state index contributed by atoms with van der Waals surface area (Å²) in [6, 6.07) is 12.6. The molecule has 0 spiro atoms. The predicted molar refractivity (Wildman–Crippen MR) is 86.8 cm³/mol. The minimum absolute atomic E-state index is 0.0303. The largest absolute Gasteiger partial charge is 0.280 e. The maximum atomic E-state index is 13.7. The Labute approximate surface area is 131 Å². The van der Waals surface area contributed by atoms with Crippen molar-refractivity contribution in [3.63, 3.8) is 0 Å². The lowest BCUT2D eigenvalue weighted by Gasteiger charge is -2.06. The highest BCUT2D eigenvalue weighted by molar-refractivity contribution is 7.95. The van der Waals surface area contributed by atoms with E-state index in [0.29, 0.717) is 0 Å². The number of benzene rings is 2. The normalized spacial score (nSPS) is 13.2. The monoisotopic (exact) mass is 339 g/mol. The summed E-state index contributed by atoms with van der Waals surface area (Å²) in [4.78, 5) is 0.0303. The van der Waals surface area contributed by atoms with Crippen molar-refractivity contribution in [1.29, 1.82) is 0 Å². The molecule has 7 heteroatoms. The average Bonchev–Trinajstić information content (AvgIpc) is 2.45. The molecule has 4 nitrogen and oxygen atoms in total. The third kappa shape index (κ3) is 4.51. The molecule has 0 aliphatic rings. The van der Waals surface area contributed by atoms with Crippen molar-refractivity contribution in [2.75, 3.05) is 11.0 Å². The molecule has 0 saturated carbocycles. The van der Waals surface area contributed by atoms with Crippen LogP contribution in [0.15, 0.2) is 58.8 Å². The van der Waals surface area contributed by atoms with Gasteiger partial charge in [-0.05, 0) is 29.8 Å². The van der Waals surface area contributed by atoms with Gasteiger partial charge in [0.25, 0.3) is 10.0 Å². The minimum atomic E-state index is -3.76. The van der Waals surface area contributed by atoms with Gasteiger partial charge in [0.2, 0.25) is 0 Å². The molecule has 0 radical (unpaired) electrons. The summed E-state index contributed by atoms with van der Waals surface area (Å²) in [6.07, 6.45) is 2.79. The first-order valence-electron chi connectivity index (χ1n) is 6.26. The maximum absolute atomic E-state index is 13.7. The molecule has 1 atom stereocenters. The Hall–Kier alpha value is -1.99. The molecule has 2 rings (SSSR count). The molecule has 0 aliphatic heterocycles. The van der Waals surface area contributed by atoms with E-state index in [2.05, 4.69) is 4.72 Å². The summed E-state index contributed by atoms with van der Waals surface area (Å²) in [5.74, 6) is -0.715. The zero-order chi connectivity index (χ0) is 16.2. The van der Waals surface area contributed by atoms with Gasteiger partial charge in [-0.3, -0.25) is 8.93 Å². The molecule has 2 aromatic carbocycles. The molecule has 0 fully saturated rings. The van der Waals surface area contributed by atoms with Crippen molar-refractivity contribution in [3.05, 3.63) is 65.3 Å². The first-order chi connectivity index (χ1) is 10.4. The first-order valence-corrected chi connectivity index (χ1v) is 9.37. The topological polar surface area (TPSA) is 63.2 Å². The first kappa shape index (κ1) is 16.4. The van der Waals surface area contributed by atoms with Crippen LogP contribution in [0.4, 0.5) is 10.1 Å². The summed E-state index contributed by atoms with van der Waals surface area (Å²) >= 11 is 0. The van der Waals surface area contributed by atoms with Crippen molar-refractivity contribution in [3.8, 4) is 0 Å². The van der Waals surface area contributed by atoms with Crippen molar-refractivity contribution >= 4 is 32.6 Å². The van der Waals surface area contributed by atoms with E-state index >= 15 is 0 Å². The van der Waals surface area contributed by atoms with Crippen LogP contribution >= 0.6 is 0 Å². The lowest BCUT2D eigenvalue weighted by atomic mass is 10.2. The van der Waals surface area contributed by atoms with Gasteiger partial charge in [-0.2, -0.15) is 0 Å². The zero-order valence-electron chi connectivity index (χ0n) is 11.7. The van der Waals surface area contributed by atoms with Crippen LogP contribution in [0.25, 0.3) is 6.08 Å². The third-order valence-corrected chi connectivity index (χ3v) is 4.71. The standard InChI is InChI=1S/C15H14FNO3S2/c1-21(18)15-8-7-13(11-14(15)16)17-22(19,20)10-9-12-5-3-2-4-6-12/h2-11,17H,1H3/b10-9+. The highest BCUT2D eigenvalue weighted by Gasteiger charge is 2.10. The number of rotatable bonds is 5. The molecule has 0 aliphatic carbocycles. The van der Waals surface area contributed by atoms with Gasteiger partial charge in [-0.1, -0.05) is 30.3 Å². The zero-order valence-corrected chi connectivity index (χ0v) is 13.3. The molecule has 22 heavy (non-hydrogen) atoms. The van der Waals surface area contributed by atoms with E-state index in [1.807, 2.05) is 6.07 Å². The summed E-state index contributed by atoms with van der Waals surface area (Å²) in [7, 11) is -5.22. The van der Waals surface area contributed by atoms with E-state index in [1.54, 1.807) is 24.3 Å². The summed E-state index contributed by atoms with van der Waals surface area (Å²) in [5.41, 5.74) is 0.806.